The highest BCUT2D eigenvalue weighted by Gasteiger charge is 2.16. The molecule has 0 unspecified atom stereocenters. The number of esters is 1. The fourth-order valence-electron chi connectivity index (χ4n) is 2.39. The van der Waals surface area contributed by atoms with Gasteiger partial charge in [0.25, 0.3) is 0 Å². The fraction of sp³-hybridized carbons (Fsp3) is 0.222. The minimum absolute atomic E-state index is 0.294. The quantitative estimate of drug-likeness (QED) is 0.458. The predicted molar refractivity (Wildman–Crippen MR) is 96.0 cm³/mol. The Kier molecular flexibility index (Phi) is 5.02. The van der Waals surface area contributed by atoms with Gasteiger partial charge in [0.05, 0.1) is 4.70 Å². The first-order valence-electron chi connectivity index (χ1n) is 7.61. The van der Waals surface area contributed by atoms with E-state index >= 15 is 0 Å². The van der Waals surface area contributed by atoms with Crippen LogP contribution in [0.1, 0.15) is 26.2 Å². The lowest BCUT2D eigenvalue weighted by atomic mass is 10.0. The molecule has 0 fully saturated rings. The number of rotatable bonds is 5. The van der Waals surface area contributed by atoms with Crippen molar-refractivity contribution in [1.82, 2.24) is 0 Å². The Hall–Kier alpha value is -2.11. The van der Waals surface area contributed by atoms with Crippen LogP contribution in [-0.2, 0) is 4.79 Å². The van der Waals surface area contributed by atoms with E-state index in [9.17, 15) is 9.59 Å². The first-order valence-corrected chi connectivity index (χ1v) is 8.81. The van der Waals surface area contributed by atoms with E-state index in [4.69, 9.17) is 20.8 Å². The van der Waals surface area contributed by atoms with Gasteiger partial charge in [0.1, 0.15) is 5.75 Å². The van der Waals surface area contributed by atoms with Gasteiger partial charge in [0.15, 0.2) is 5.58 Å². The second kappa shape index (κ2) is 7.20. The van der Waals surface area contributed by atoms with Gasteiger partial charge in [-0.25, -0.2) is 4.79 Å². The highest BCUT2D eigenvalue weighted by atomic mass is 35.5. The zero-order valence-corrected chi connectivity index (χ0v) is 14.6. The average molecular weight is 363 g/mol. The lowest BCUT2D eigenvalue weighted by Gasteiger charge is -2.09. The molecule has 0 radical (unpaired) electrons. The molecule has 4 nitrogen and oxygen atoms in total. The van der Waals surface area contributed by atoms with Crippen LogP contribution in [0.3, 0.4) is 0 Å². The lowest BCUT2D eigenvalue weighted by molar-refractivity contribution is -0.134. The number of ether oxygens (including phenoxy) is 1. The van der Waals surface area contributed by atoms with E-state index < -0.39 is 4.94 Å². The van der Waals surface area contributed by atoms with Crippen molar-refractivity contribution < 1.29 is 13.9 Å². The molecule has 0 aliphatic heterocycles. The molecule has 0 aliphatic rings. The van der Waals surface area contributed by atoms with Crippen molar-refractivity contribution >= 4 is 39.2 Å². The standard InChI is InChI=1S/C18H15ClO4S/c1-2-3-8-16(20)22-11-9-13(12-6-4-5-7-14(12)19)17-15(10-11)24-18(21)23-17/h4-7,9-10H,2-3,8H2,1H3. The van der Waals surface area contributed by atoms with E-state index in [0.717, 1.165) is 29.7 Å². The van der Waals surface area contributed by atoms with Crippen molar-refractivity contribution in [1.29, 1.82) is 0 Å². The monoisotopic (exact) mass is 362 g/mol. The molecule has 0 spiro atoms. The molecule has 0 N–H and O–H groups in total. The number of carbonyl (C=O) groups is 1. The van der Waals surface area contributed by atoms with Crippen molar-refractivity contribution in [3.05, 3.63) is 51.2 Å². The molecule has 0 aliphatic carbocycles. The third-order valence-corrected chi connectivity index (χ3v) is 4.64. The van der Waals surface area contributed by atoms with Gasteiger partial charge in [0.2, 0.25) is 0 Å². The molecular weight excluding hydrogens is 348 g/mol. The van der Waals surface area contributed by atoms with Crippen LogP contribution in [0.5, 0.6) is 5.75 Å². The van der Waals surface area contributed by atoms with E-state index in [1.165, 1.54) is 0 Å². The largest absolute Gasteiger partial charge is 0.426 e. The molecule has 24 heavy (non-hydrogen) atoms. The van der Waals surface area contributed by atoms with Gasteiger partial charge in [-0.05, 0) is 18.6 Å². The highest BCUT2D eigenvalue weighted by molar-refractivity contribution is 7.16. The number of hydrogen-bond acceptors (Lipinski definition) is 5. The molecule has 0 saturated heterocycles. The first kappa shape index (κ1) is 16.7. The van der Waals surface area contributed by atoms with E-state index in [0.29, 0.717) is 33.0 Å². The van der Waals surface area contributed by atoms with Crippen LogP contribution in [0.4, 0.5) is 0 Å². The van der Waals surface area contributed by atoms with Crippen molar-refractivity contribution in [3.63, 3.8) is 0 Å². The number of unbranched alkanes of at least 4 members (excludes halogenated alkanes) is 1. The second-order valence-electron chi connectivity index (χ2n) is 5.31. The minimum Gasteiger partial charge on any atom is -0.426 e. The van der Waals surface area contributed by atoms with Crippen molar-refractivity contribution in [2.45, 2.75) is 26.2 Å². The molecule has 0 saturated carbocycles. The summed E-state index contributed by atoms with van der Waals surface area (Å²) in [4.78, 5) is 23.1. The predicted octanol–water partition coefficient (Wildman–Crippen LogP) is 5.27. The molecule has 0 atom stereocenters. The van der Waals surface area contributed by atoms with Gasteiger partial charge in [-0.2, -0.15) is 0 Å². The fourth-order valence-corrected chi connectivity index (χ4v) is 3.36. The van der Waals surface area contributed by atoms with E-state index in [1.807, 2.05) is 25.1 Å². The van der Waals surface area contributed by atoms with Crippen molar-refractivity contribution in [2.75, 3.05) is 0 Å². The Bertz CT molecular complexity index is 942. The first-order chi connectivity index (χ1) is 11.6. The Morgan fingerprint density at radius 1 is 1.25 bits per heavy atom. The molecule has 1 heterocycles. The summed E-state index contributed by atoms with van der Waals surface area (Å²) in [6, 6.07) is 10.6. The van der Waals surface area contributed by atoms with Gasteiger partial charge >= 0.3 is 10.9 Å². The normalized spacial score (nSPS) is 10.9. The number of hydrogen-bond donors (Lipinski definition) is 0. The van der Waals surface area contributed by atoms with Gasteiger partial charge < -0.3 is 9.15 Å². The summed E-state index contributed by atoms with van der Waals surface area (Å²) in [5.74, 6) is 0.0905. The third-order valence-electron chi connectivity index (χ3n) is 3.54. The van der Waals surface area contributed by atoms with Crippen molar-refractivity contribution in [2.24, 2.45) is 0 Å². The molecule has 0 amide bonds. The maximum Gasteiger partial charge on any atom is 0.396 e. The summed E-state index contributed by atoms with van der Waals surface area (Å²) >= 11 is 7.24. The SMILES string of the molecule is CCCCC(=O)Oc1cc(-c2ccccc2Cl)c2oc(=O)sc2c1. The second-order valence-corrected chi connectivity index (χ2v) is 6.69. The number of carbonyl (C=O) groups excluding carboxylic acids is 1. The van der Waals surface area contributed by atoms with Crippen LogP contribution in [0.25, 0.3) is 21.4 Å². The Morgan fingerprint density at radius 2 is 2.04 bits per heavy atom. The highest BCUT2D eigenvalue weighted by Crippen LogP contribution is 2.37. The molecule has 3 rings (SSSR count). The molecule has 124 valence electrons. The van der Waals surface area contributed by atoms with Crippen LogP contribution in [0.15, 0.2) is 45.6 Å². The molecule has 6 heteroatoms. The summed E-state index contributed by atoms with van der Waals surface area (Å²) < 4.78 is 11.3. The summed E-state index contributed by atoms with van der Waals surface area (Å²) in [5, 5.41) is 0.530. The maximum atomic E-state index is 11.9. The zero-order chi connectivity index (χ0) is 17.1. The van der Waals surface area contributed by atoms with E-state index in [1.54, 1.807) is 18.2 Å². The van der Waals surface area contributed by atoms with Crippen LogP contribution < -0.4 is 9.68 Å². The van der Waals surface area contributed by atoms with Gasteiger partial charge in [0, 0.05) is 28.6 Å². The van der Waals surface area contributed by atoms with Gasteiger partial charge in [-0.15, -0.1) is 0 Å². The molecule has 0 bridgehead atoms. The molecular formula is C18H15ClO4S. The van der Waals surface area contributed by atoms with Crippen LogP contribution >= 0.6 is 22.9 Å². The zero-order valence-electron chi connectivity index (χ0n) is 13.0. The van der Waals surface area contributed by atoms with E-state index in [-0.39, 0.29) is 5.97 Å². The Labute approximate surface area is 147 Å². The summed E-state index contributed by atoms with van der Waals surface area (Å²) in [6.07, 6.45) is 2.05. The van der Waals surface area contributed by atoms with Crippen LogP contribution in [0.2, 0.25) is 5.02 Å². The third kappa shape index (κ3) is 3.52. The summed E-state index contributed by atoms with van der Waals surface area (Å²) in [6.45, 7) is 2.01. The molecule has 2 aromatic carbocycles. The lowest BCUT2D eigenvalue weighted by Crippen LogP contribution is -2.07. The molecule has 3 aromatic rings. The smallest absolute Gasteiger partial charge is 0.396 e. The minimum atomic E-state index is -0.409. The van der Waals surface area contributed by atoms with E-state index in [2.05, 4.69) is 0 Å². The molecule has 1 aromatic heterocycles. The van der Waals surface area contributed by atoms with Gasteiger partial charge in [-0.1, -0.05) is 54.5 Å². The Morgan fingerprint density at radius 3 is 2.79 bits per heavy atom. The average Bonchev–Trinajstić information content (AvgIpc) is 2.93. The van der Waals surface area contributed by atoms with Crippen LogP contribution in [0, 0.1) is 0 Å². The number of benzene rings is 2. The summed E-state index contributed by atoms with van der Waals surface area (Å²) in [5.41, 5.74) is 1.80. The van der Waals surface area contributed by atoms with Crippen LogP contribution in [-0.4, -0.2) is 5.97 Å². The maximum absolute atomic E-state index is 11.9. The summed E-state index contributed by atoms with van der Waals surface area (Å²) in [7, 11) is 0. The topological polar surface area (TPSA) is 56.5 Å². The Balaban J connectivity index is 2.08. The van der Waals surface area contributed by atoms with Crippen molar-refractivity contribution in [3.8, 4) is 16.9 Å². The number of halogens is 1. The number of fused-ring (bicyclic) bond motifs is 1. The van der Waals surface area contributed by atoms with Gasteiger partial charge in [-0.3, -0.25) is 4.79 Å².